The lowest BCUT2D eigenvalue weighted by molar-refractivity contribution is -0.140. The molecule has 0 spiro atoms. The number of aliphatic hydroxyl groups excluding tert-OH is 1. The minimum atomic E-state index is -1.04. The smallest absolute Gasteiger partial charge is 0.320 e. The van der Waals surface area contributed by atoms with Crippen LogP contribution in [-0.2, 0) is 22.6 Å². The third-order valence-electron chi connectivity index (χ3n) is 9.27. The highest BCUT2D eigenvalue weighted by Crippen LogP contribution is 2.42. The first kappa shape index (κ1) is 34.8. The molecule has 3 atom stereocenters. The number of halogens is 2. The van der Waals surface area contributed by atoms with Crippen LogP contribution in [0.25, 0.3) is 33.6 Å². The molecule has 3 heterocycles. The number of carbonyl (C=O) groups is 2. The van der Waals surface area contributed by atoms with Crippen molar-refractivity contribution < 1.29 is 24.5 Å². The van der Waals surface area contributed by atoms with Gasteiger partial charge in [0.1, 0.15) is 6.04 Å². The fourth-order valence-electron chi connectivity index (χ4n) is 6.69. The molecule has 256 valence electrons. The summed E-state index contributed by atoms with van der Waals surface area (Å²) in [6.07, 6.45) is 6.38. The number of aliphatic carboxylic acids is 1. The highest BCUT2D eigenvalue weighted by Gasteiger charge is 2.26. The van der Waals surface area contributed by atoms with Gasteiger partial charge in [0.2, 0.25) is 11.8 Å². The maximum absolute atomic E-state index is 11.6. The Bertz CT molecular complexity index is 1850. The molecule has 0 radical (unpaired) electrons. The van der Waals surface area contributed by atoms with E-state index in [4.69, 9.17) is 27.9 Å². The molecule has 1 saturated heterocycles. The van der Waals surface area contributed by atoms with Crippen LogP contribution in [0.4, 0.5) is 0 Å². The number of nitrogens with zero attached hydrogens (tertiary/aromatic N) is 2. The lowest BCUT2D eigenvalue weighted by Gasteiger charge is -2.28. The van der Waals surface area contributed by atoms with Crippen LogP contribution < -0.4 is 20.7 Å². The lowest BCUT2D eigenvalue weighted by Crippen LogP contribution is -2.38. The second kappa shape index (κ2) is 15.7. The van der Waals surface area contributed by atoms with Gasteiger partial charge < -0.3 is 30.9 Å². The van der Waals surface area contributed by atoms with Crippen LogP contribution in [0, 0.1) is 0 Å². The van der Waals surface area contributed by atoms with E-state index in [1.807, 2.05) is 36.4 Å². The van der Waals surface area contributed by atoms with E-state index in [9.17, 15) is 19.8 Å². The van der Waals surface area contributed by atoms with Gasteiger partial charge in [-0.15, -0.1) is 0 Å². The van der Waals surface area contributed by atoms with E-state index >= 15 is 0 Å². The average molecular weight is 705 g/mol. The maximum Gasteiger partial charge on any atom is 0.320 e. The van der Waals surface area contributed by atoms with E-state index in [1.165, 1.54) is 18.2 Å². The van der Waals surface area contributed by atoms with E-state index in [2.05, 4.69) is 44.1 Å². The summed E-state index contributed by atoms with van der Waals surface area (Å²) < 4.78 is 5.55. The number of aliphatic hydroxyl groups is 1. The van der Waals surface area contributed by atoms with Gasteiger partial charge >= 0.3 is 5.97 Å². The Balaban J connectivity index is 1.24. The molecule has 49 heavy (non-hydrogen) atoms. The maximum atomic E-state index is 11.6. The molecular formula is C37H39Cl2N5O5. The van der Waals surface area contributed by atoms with Gasteiger partial charge in [-0.05, 0) is 61.4 Å². The van der Waals surface area contributed by atoms with Gasteiger partial charge in [0.25, 0.3) is 0 Å². The number of aromatic nitrogens is 2. The molecule has 0 bridgehead atoms. The van der Waals surface area contributed by atoms with E-state index in [-0.39, 0.29) is 37.6 Å². The summed E-state index contributed by atoms with van der Waals surface area (Å²) in [5.41, 5.74) is 7.55. The normalized spacial score (nSPS) is 17.8. The molecule has 2 aromatic carbocycles. The van der Waals surface area contributed by atoms with Gasteiger partial charge in [-0.1, -0.05) is 59.6 Å². The number of nitrogens with one attached hydrogen (secondary N) is 3. The van der Waals surface area contributed by atoms with Crippen LogP contribution in [0.3, 0.4) is 0 Å². The molecular weight excluding hydrogens is 665 g/mol. The molecule has 5 N–H and O–H groups in total. The fourth-order valence-corrected chi connectivity index (χ4v) is 7.33. The largest absolute Gasteiger partial charge is 0.481 e. The molecule has 1 unspecified atom stereocenters. The molecule has 1 aliphatic carbocycles. The molecule has 10 nitrogen and oxygen atoms in total. The number of amides is 1. The summed E-state index contributed by atoms with van der Waals surface area (Å²) in [4.78, 5) is 32.5. The SMILES string of the molecule is COc1nc(-c2cccc(-c3ccnc(-c4ccc5c(c4)CCC[C@@H]5NC[C@H]4CCC(=O)N4)c3Cl)c2Cl)ccc1CNC(CCO)C(=O)O. The van der Waals surface area contributed by atoms with Crippen molar-refractivity contribution in [2.45, 2.75) is 63.2 Å². The molecule has 1 aliphatic heterocycles. The van der Waals surface area contributed by atoms with Crippen LogP contribution >= 0.6 is 23.2 Å². The van der Waals surface area contributed by atoms with Gasteiger partial charge in [-0.25, -0.2) is 4.98 Å². The Morgan fingerprint density at radius 3 is 2.63 bits per heavy atom. The summed E-state index contributed by atoms with van der Waals surface area (Å²) in [6.45, 7) is 0.706. The second-order valence-corrected chi connectivity index (χ2v) is 13.2. The summed E-state index contributed by atoms with van der Waals surface area (Å²) in [5.74, 6) is -0.581. The van der Waals surface area contributed by atoms with Crippen molar-refractivity contribution in [1.82, 2.24) is 25.9 Å². The number of aryl methyl sites for hydroxylation is 1. The number of carbonyl (C=O) groups excluding carboxylic acids is 1. The van der Waals surface area contributed by atoms with E-state index in [0.29, 0.717) is 44.9 Å². The van der Waals surface area contributed by atoms with Gasteiger partial charge in [0, 0.05) is 72.2 Å². The van der Waals surface area contributed by atoms with Gasteiger partial charge in [0.05, 0.1) is 28.5 Å². The predicted molar refractivity (Wildman–Crippen MR) is 190 cm³/mol. The number of hydrogen-bond donors (Lipinski definition) is 5. The Kier molecular flexibility index (Phi) is 11.1. The number of rotatable bonds is 13. The van der Waals surface area contributed by atoms with E-state index in [0.717, 1.165) is 48.9 Å². The number of ether oxygens (including phenoxy) is 1. The molecule has 12 heteroatoms. The zero-order valence-electron chi connectivity index (χ0n) is 27.1. The van der Waals surface area contributed by atoms with Crippen LogP contribution in [0.1, 0.15) is 54.8 Å². The third-order valence-corrected chi connectivity index (χ3v) is 10.1. The van der Waals surface area contributed by atoms with Crippen LogP contribution in [0.2, 0.25) is 10.0 Å². The second-order valence-electron chi connectivity index (χ2n) is 12.4. The topological polar surface area (TPSA) is 146 Å². The number of pyridine rings is 2. The number of benzene rings is 2. The zero-order chi connectivity index (χ0) is 34.5. The summed E-state index contributed by atoms with van der Waals surface area (Å²) in [5, 5.41) is 29.2. The van der Waals surface area contributed by atoms with Crippen molar-refractivity contribution in [1.29, 1.82) is 0 Å². The summed E-state index contributed by atoms with van der Waals surface area (Å²) in [6, 6.07) is 17.1. The fraction of sp³-hybridized carbons (Fsp3) is 0.351. The molecule has 1 fully saturated rings. The molecule has 1 amide bonds. The molecule has 2 aromatic heterocycles. The quantitative estimate of drug-likeness (QED) is 0.114. The van der Waals surface area contributed by atoms with Crippen molar-refractivity contribution in [2.24, 2.45) is 0 Å². The minimum Gasteiger partial charge on any atom is -0.481 e. The Morgan fingerprint density at radius 1 is 1.06 bits per heavy atom. The first-order chi connectivity index (χ1) is 23.8. The Hall–Kier alpha value is -4.06. The molecule has 4 aromatic rings. The van der Waals surface area contributed by atoms with Crippen molar-refractivity contribution in [3.05, 3.63) is 87.5 Å². The van der Waals surface area contributed by atoms with Gasteiger partial charge in [-0.2, -0.15) is 0 Å². The highest BCUT2D eigenvalue weighted by atomic mass is 35.5. The number of methoxy groups -OCH3 is 1. The van der Waals surface area contributed by atoms with E-state index in [1.54, 1.807) is 6.20 Å². The number of hydrogen-bond acceptors (Lipinski definition) is 8. The number of carboxylic acid groups (broad SMARTS) is 1. The van der Waals surface area contributed by atoms with Gasteiger partial charge in [-0.3, -0.25) is 14.6 Å². The van der Waals surface area contributed by atoms with Crippen molar-refractivity contribution >= 4 is 35.1 Å². The van der Waals surface area contributed by atoms with Crippen LogP contribution in [-0.4, -0.2) is 64.4 Å². The Morgan fingerprint density at radius 2 is 1.88 bits per heavy atom. The predicted octanol–water partition coefficient (Wildman–Crippen LogP) is 5.96. The van der Waals surface area contributed by atoms with Crippen molar-refractivity contribution in [3.8, 4) is 39.5 Å². The summed E-state index contributed by atoms with van der Waals surface area (Å²) >= 11 is 14.2. The minimum absolute atomic E-state index is 0.0819. The zero-order valence-corrected chi connectivity index (χ0v) is 28.7. The van der Waals surface area contributed by atoms with Crippen molar-refractivity contribution in [2.75, 3.05) is 20.3 Å². The van der Waals surface area contributed by atoms with Gasteiger partial charge in [0.15, 0.2) is 0 Å². The monoisotopic (exact) mass is 703 g/mol. The highest BCUT2D eigenvalue weighted by molar-refractivity contribution is 6.39. The van der Waals surface area contributed by atoms with Crippen LogP contribution in [0.5, 0.6) is 5.88 Å². The first-order valence-corrected chi connectivity index (χ1v) is 17.2. The first-order valence-electron chi connectivity index (χ1n) is 16.5. The molecule has 0 saturated carbocycles. The number of fused-ring (bicyclic) bond motifs is 1. The average Bonchev–Trinajstić information content (AvgIpc) is 3.53. The summed E-state index contributed by atoms with van der Waals surface area (Å²) in [7, 11) is 1.50. The van der Waals surface area contributed by atoms with E-state index < -0.39 is 12.0 Å². The standard InChI is InChI=1S/C37H39Cl2N5O5/c1-49-36-23(19-41-31(15-17-45)37(47)48)9-12-30(44-36)28-6-3-5-26(33(28)38)27-14-16-40-35(34(27)39)22-8-11-25-21(18-22)4-2-7-29(25)42-20-24-10-13-32(46)43-24/h3,5-6,8-9,11-12,14,16,18,24,29,31,41-42,45H,2,4,7,10,13,15,17,19-20H2,1H3,(H,43,46)(H,47,48)/t24-,29+,31?/m1/s1. The Labute approximate surface area is 295 Å². The molecule has 6 rings (SSSR count). The van der Waals surface area contributed by atoms with Crippen molar-refractivity contribution in [3.63, 3.8) is 0 Å². The number of carboxylic acids is 1. The molecule has 2 aliphatic rings. The van der Waals surface area contributed by atoms with Crippen LogP contribution in [0.15, 0.2) is 60.8 Å². The third kappa shape index (κ3) is 7.74. The lowest BCUT2D eigenvalue weighted by atomic mass is 9.86.